The molecule has 32 heavy (non-hydrogen) atoms. The highest BCUT2D eigenvalue weighted by Gasteiger charge is 2.15. The summed E-state index contributed by atoms with van der Waals surface area (Å²) in [5.74, 6) is 1.99. The smallest absolute Gasteiger partial charge is 0.262 e. The van der Waals surface area contributed by atoms with E-state index in [1.165, 1.54) is 18.8 Å². The highest BCUT2D eigenvalue weighted by Crippen LogP contribution is 2.30. The predicted molar refractivity (Wildman–Crippen MR) is 121 cm³/mol. The van der Waals surface area contributed by atoms with Gasteiger partial charge < -0.3 is 19.4 Å². The van der Waals surface area contributed by atoms with Crippen molar-refractivity contribution in [3.63, 3.8) is 0 Å². The van der Waals surface area contributed by atoms with Crippen LogP contribution in [0, 0.1) is 13.8 Å². The lowest BCUT2D eigenvalue weighted by atomic mass is 10.2. The summed E-state index contributed by atoms with van der Waals surface area (Å²) < 4.78 is 14.0. The molecule has 0 aliphatic carbocycles. The van der Waals surface area contributed by atoms with E-state index in [1.54, 1.807) is 19.1 Å². The van der Waals surface area contributed by atoms with Crippen LogP contribution in [0.1, 0.15) is 11.6 Å². The molecule has 0 saturated heterocycles. The highest BCUT2D eigenvalue weighted by molar-refractivity contribution is 5.83. The van der Waals surface area contributed by atoms with Crippen molar-refractivity contribution >= 4 is 27.8 Å². The fourth-order valence-electron chi connectivity index (χ4n) is 3.83. The van der Waals surface area contributed by atoms with Crippen LogP contribution in [-0.4, -0.2) is 45.8 Å². The Labute approximate surface area is 184 Å². The zero-order valence-electron chi connectivity index (χ0n) is 18.5. The summed E-state index contributed by atoms with van der Waals surface area (Å²) in [5, 5.41) is 3.25. The van der Waals surface area contributed by atoms with Crippen LogP contribution in [0.2, 0.25) is 0 Å². The van der Waals surface area contributed by atoms with Gasteiger partial charge in [-0.05, 0) is 32.0 Å². The van der Waals surface area contributed by atoms with Gasteiger partial charge in [0.15, 0.2) is 11.5 Å². The van der Waals surface area contributed by atoms with Gasteiger partial charge in [0.05, 0.1) is 36.2 Å². The molecule has 0 atom stereocenters. The summed E-state index contributed by atoms with van der Waals surface area (Å²) in [6.07, 6.45) is 0. The van der Waals surface area contributed by atoms with Crippen LogP contribution in [-0.2, 0) is 17.9 Å². The van der Waals surface area contributed by atoms with Gasteiger partial charge >= 0.3 is 0 Å². The Morgan fingerprint density at radius 3 is 2.38 bits per heavy atom. The maximum absolute atomic E-state index is 13.0. The van der Waals surface area contributed by atoms with E-state index in [1.807, 2.05) is 31.2 Å². The van der Waals surface area contributed by atoms with E-state index in [4.69, 9.17) is 9.47 Å². The van der Waals surface area contributed by atoms with Gasteiger partial charge in [-0.25, -0.2) is 9.97 Å². The molecule has 9 heteroatoms. The molecule has 1 amide bonds. The molecule has 0 spiro atoms. The van der Waals surface area contributed by atoms with Gasteiger partial charge in [0.25, 0.3) is 5.56 Å². The molecule has 166 valence electrons. The SMILES string of the molecule is COc1cc2nc(C)n(CC(=O)NCCn3c(C)nc4ccccc43)c(=O)c2cc1OC. The van der Waals surface area contributed by atoms with Gasteiger partial charge in [-0.1, -0.05) is 12.1 Å². The van der Waals surface area contributed by atoms with E-state index in [-0.39, 0.29) is 18.0 Å². The average molecular weight is 435 g/mol. The molecule has 4 aromatic rings. The Kier molecular flexibility index (Phi) is 5.81. The van der Waals surface area contributed by atoms with E-state index in [2.05, 4.69) is 19.9 Å². The fourth-order valence-corrected chi connectivity index (χ4v) is 3.83. The number of imidazole rings is 1. The van der Waals surface area contributed by atoms with Crippen molar-refractivity contribution in [2.75, 3.05) is 20.8 Å². The van der Waals surface area contributed by atoms with Gasteiger partial charge in [-0.2, -0.15) is 0 Å². The topological polar surface area (TPSA) is 100 Å². The first kappa shape index (κ1) is 21.4. The van der Waals surface area contributed by atoms with Crippen molar-refractivity contribution in [2.45, 2.75) is 26.9 Å². The summed E-state index contributed by atoms with van der Waals surface area (Å²) in [6.45, 7) is 4.52. The molecule has 0 unspecified atom stereocenters. The Balaban J connectivity index is 1.51. The number of para-hydroxylation sites is 2. The molecule has 0 fully saturated rings. The maximum atomic E-state index is 13.0. The summed E-state index contributed by atoms with van der Waals surface area (Å²) in [4.78, 5) is 34.6. The lowest BCUT2D eigenvalue weighted by molar-refractivity contribution is -0.121. The second kappa shape index (κ2) is 8.70. The van der Waals surface area contributed by atoms with Gasteiger partial charge in [0.2, 0.25) is 5.91 Å². The number of amides is 1. The molecule has 9 nitrogen and oxygen atoms in total. The van der Waals surface area contributed by atoms with Crippen LogP contribution in [0.15, 0.2) is 41.2 Å². The Bertz CT molecular complexity index is 1370. The quantitative estimate of drug-likeness (QED) is 0.478. The second-order valence-electron chi connectivity index (χ2n) is 7.42. The molecule has 1 N–H and O–H groups in total. The van der Waals surface area contributed by atoms with Gasteiger partial charge in [-0.15, -0.1) is 0 Å². The summed E-state index contributed by atoms with van der Waals surface area (Å²) >= 11 is 0. The number of carbonyl (C=O) groups is 1. The molecular weight excluding hydrogens is 410 g/mol. The number of methoxy groups -OCH3 is 2. The molecule has 0 bridgehead atoms. The van der Waals surface area contributed by atoms with Gasteiger partial charge in [0, 0.05) is 19.2 Å². The lowest BCUT2D eigenvalue weighted by Gasteiger charge is -2.13. The minimum atomic E-state index is -0.306. The van der Waals surface area contributed by atoms with Gasteiger partial charge in [0.1, 0.15) is 18.2 Å². The summed E-state index contributed by atoms with van der Waals surface area (Å²) in [6, 6.07) is 11.1. The molecule has 0 aliphatic rings. The number of nitrogens with one attached hydrogen (secondary N) is 1. The maximum Gasteiger partial charge on any atom is 0.262 e. The summed E-state index contributed by atoms with van der Waals surface area (Å²) in [7, 11) is 3.03. The average Bonchev–Trinajstić information content (AvgIpc) is 3.11. The first-order valence-electron chi connectivity index (χ1n) is 10.2. The standard InChI is InChI=1S/C23H25N5O4/c1-14-25-17-7-5-6-8-19(17)27(14)10-9-24-22(29)13-28-15(2)26-18-12-21(32-4)20(31-3)11-16(18)23(28)30/h5-8,11-12H,9-10,13H2,1-4H3,(H,24,29). The minimum Gasteiger partial charge on any atom is -0.493 e. The van der Waals surface area contributed by atoms with Crippen LogP contribution in [0.5, 0.6) is 11.5 Å². The van der Waals surface area contributed by atoms with Crippen molar-refractivity contribution in [2.24, 2.45) is 0 Å². The molecule has 0 saturated carbocycles. The number of aryl methyl sites for hydroxylation is 2. The number of hydrogen-bond acceptors (Lipinski definition) is 6. The molecule has 2 aromatic carbocycles. The van der Waals surface area contributed by atoms with Crippen LogP contribution in [0.25, 0.3) is 21.9 Å². The first-order chi connectivity index (χ1) is 15.4. The third-order valence-corrected chi connectivity index (χ3v) is 5.46. The first-order valence-corrected chi connectivity index (χ1v) is 10.2. The number of ether oxygens (including phenoxy) is 2. The number of hydrogen-bond donors (Lipinski definition) is 1. The van der Waals surface area contributed by atoms with E-state index in [9.17, 15) is 9.59 Å². The largest absolute Gasteiger partial charge is 0.493 e. The molecule has 0 radical (unpaired) electrons. The number of carbonyl (C=O) groups excluding carboxylic acids is 1. The van der Waals surface area contributed by atoms with Crippen molar-refractivity contribution in [1.82, 2.24) is 24.4 Å². The number of nitrogens with zero attached hydrogens (tertiary/aromatic N) is 4. The van der Waals surface area contributed by atoms with E-state index >= 15 is 0 Å². The molecule has 4 rings (SSSR count). The Morgan fingerprint density at radius 2 is 1.62 bits per heavy atom. The number of benzene rings is 2. The Hall–Kier alpha value is -3.88. The van der Waals surface area contributed by atoms with Crippen molar-refractivity contribution in [1.29, 1.82) is 0 Å². The van der Waals surface area contributed by atoms with Gasteiger partial charge in [-0.3, -0.25) is 14.2 Å². The van der Waals surface area contributed by atoms with E-state index < -0.39 is 0 Å². The zero-order valence-corrected chi connectivity index (χ0v) is 18.5. The molecule has 2 aromatic heterocycles. The molecular formula is C23H25N5O4. The normalized spacial score (nSPS) is 11.1. The minimum absolute atomic E-state index is 0.119. The van der Waals surface area contributed by atoms with Crippen LogP contribution in [0.4, 0.5) is 0 Å². The van der Waals surface area contributed by atoms with Crippen LogP contribution in [0.3, 0.4) is 0 Å². The third-order valence-electron chi connectivity index (χ3n) is 5.46. The van der Waals surface area contributed by atoms with Crippen molar-refractivity contribution in [3.05, 3.63) is 58.4 Å². The summed E-state index contributed by atoms with van der Waals surface area (Å²) in [5.41, 5.74) is 2.13. The van der Waals surface area contributed by atoms with Crippen molar-refractivity contribution < 1.29 is 14.3 Å². The molecule has 2 heterocycles. The predicted octanol–water partition coefficient (Wildman–Crippen LogP) is 2.20. The lowest BCUT2D eigenvalue weighted by Crippen LogP contribution is -2.35. The number of rotatable bonds is 7. The molecule has 0 aliphatic heterocycles. The highest BCUT2D eigenvalue weighted by atomic mass is 16.5. The monoisotopic (exact) mass is 435 g/mol. The second-order valence-corrected chi connectivity index (χ2v) is 7.42. The zero-order chi connectivity index (χ0) is 22.8. The number of fused-ring (bicyclic) bond motifs is 2. The van der Waals surface area contributed by atoms with Crippen LogP contribution < -0.4 is 20.3 Å². The van der Waals surface area contributed by atoms with Crippen molar-refractivity contribution in [3.8, 4) is 11.5 Å². The fraction of sp³-hybridized carbons (Fsp3) is 0.304. The number of aromatic nitrogens is 4. The van der Waals surface area contributed by atoms with Crippen LogP contribution >= 0.6 is 0 Å². The van der Waals surface area contributed by atoms with E-state index in [0.29, 0.717) is 41.3 Å². The van der Waals surface area contributed by atoms with E-state index in [0.717, 1.165) is 16.9 Å². The third kappa shape index (κ3) is 3.89. The Morgan fingerprint density at radius 1 is 0.969 bits per heavy atom.